The van der Waals surface area contributed by atoms with Gasteiger partial charge in [-0.25, -0.2) is 0 Å². The van der Waals surface area contributed by atoms with E-state index < -0.39 is 92.7 Å². The number of aliphatic hydroxyl groups is 7. The summed E-state index contributed by atoms with van der Waals surface area (Å²) in [5, 5.41) is 72.1. The van der Waals surface area contributed by atoms with Crippen LogP contribution >= 0.6 is 0 Å². The Balaban J connectivity index is 1.78. The molecule has 11 atom stereocenters. The van der Waals surface area contributed by atoms with Crippen molar-refractivity contribution in [1.82, 2.24) is 0 Å². The molecule has 7 N–H and O–H groups in total. The van der Waals surface area contributed by atoms with Crippen LogP contribution in [0.5, 0.6) is 0 Å². The van der Waals surface area contributed by atoms with Gasteiger partial charge in [0.1, 0.15) is 55.4 Å². The summed E-state index contributed by atoms with van der Waals surface area (Å²) in [4.78, 5) is 25.8. The predicted molar refractivity (Wildman–Crippen MR) is 261 cm³/mol. The van der Waals surface area contributed by atoms with Crippen LogP contribution in [-0.2, 0) is 38.0 Å². The Morgan fingerprint density at radius 3 is 1.40 bits per heavy atom. The maximum absolute atomic E-state index is 13.0. The number of esters is 2. The van der Waals surface area contributed by atoms with E-state index in [1.807, 2.05) is 6.08 Å². The van der Waals surface area contributed by atoms with Crippen molar-refractivity contribution in [2.75, 3.05) is 26.4 Å². The Bertz CT molecular complexity index is 1270. The number of carbonyl (C=O) groups is 2. The fraction of sp³-hybridized carbons (Fsp3) is 0.887. The zero-order chi connectivity index (χ0) is 49.6. The standard InChI is InChI=1S/C53H96O15/c1-3-5-7-9-11-13-15-17-19-20-22-23-25-27-29-31-33-35-44(55)63-38-41(66-45(56)36-34-32-30-28-26-24-21-18-16-14-12-10-8-6-4-2)39-64-52-51(62)49(60)47(58)43(68-52)40-65-53-50(61)48(59)46(57)42(37-54)67-53/h4,17,19,41-43,46-54,57-62H,2-3,5-16,18,20-40H2,1H3/b19-17+/t41-,42+,43+,46-,47-,48?,49?,50?,51?,52+,53+/m0/s1. The molecule has 0 saturated carbocycles. The number of unbranched alkanes of at least 4 members (excludes halogenated alkanes) is 26. The quantitative estimate of drug-likeness (QED) is 0.0175. The largest absolute Gasteiger partial charge is 0.462 e. The van der Waals surface area contributed by atoms with Gasteiger partial charge < -0.3 is 64.2 Å². The molecule has 68 heavy (non-hydrogen) atoms. The average molecular weight is 973 g/mol. The highest BCUT2D eigenvalue weighted by atomic mass is 16.7. The van der Waals surface area contributed by atoms with Crippen LogP contribution in [0.2, 0.25) is 0 Å². The van der Waals surface area contributed by atoms with E-state index >= 15 is 0 Å². The summed E-state index contributed by atoms with van der Waals surface area (Å²) in [7, 11) is 0. The van der Waals surface area contributed by atoms with E-state index in [0.717, 1.165) is 51.4 Å². The summed E-state index contributed by atoms with van der Waals surface area (Å²) >= 11 is 0. The number of aliphatic hydroxyl groups excluding tert-OH is 7. The van der Waals surface area contributed by atoms with Crippen molar-refractivity contribution in [2.45, 2.75) is 273 Å². The third-order valence-corrected chi connectivity index (χ3v) is 13.0. The highest BCUT2D eigenvalue weighted by Crippen LogP contribution is 2.27. The van der Waals surface area contributed by atoms with E-state index in [-0.39, 0.29) is 26.1 Å². The molecule has 15 heteroatoms. The van der Waals surface area contributed by atoms with Gasteiger partial charge in [-0.05, 0) is 51.4 Å². The van der Waals surface area contributed by atoms with Crippen LogP contribution in [-0.4, -0.2) is 142 Å². The number of rotatable bonds is 43. The van der Waals surface area contributed by atoms with Gasteiger partial charge >= 0.3 is 11.9 Å². The summed E-state index contributed by atoms with van der Waals surface area (Å²) < 4.78 is 33.6. The lowest BCUT2D eigenvalue weighted by Gasteiger charge is -2.42. The van der Waals surface area contributed by atoms with E-state index in [1.54, 1.807) is 0 Å². The number of hydrogen-bond acceptors (Lipinski definition) is 15. The molecule has 0 amide bonds. The van der Waals surface area contributed by atoms with Crippen LogP contribution in [0, 0.1) is 0 Å². The maximum Gasteiger partial charge on any atom is 0.306 e. The van der Waals surface area contributed by atoms with E-state index in [1.165, 1.54) is 122 Å². The number of ether oxygens (including phenoxy) is 6. The van der Waals surface area contributed by atoms with Gasteiger partial charge in [-0.15, -0.1) is 6.58 Å². The molecule has 2 fully saturated rings. The Morgan fingerprint density at radius 1 is 0.500 bits per heavy atom. The van der Waals surface area contributed by atoms with Crippen molar-refractivity contribution in [3.63, 3.8) is 0 Å². The molecule has 2 saturated heterocycles. The molecular weight excluding hydrogens is 877 g/mol. The van der Waals surface area contributed by atoms with Crippen molar-refractivity contribution < 1.29 is 73.8 Å². The molecule has 2 heterocycles. The summed E-state index contributed by atoms with van der Waals surface area (Å²) in [6, 6.07) is 0. The lowest BCUT2D eigenvalue weighted by Crippen LogP contribution is -2.61. The molecule has 2 aliphatic rings. The van der Waals surface area contributed by atoms with Crippen molar-refractivity contribution in [1.29, 1.82) is 0 Å². The first-order chi connectivity index (χ1) is 33.0. The van der Waals surface area contributed by atoms with Crippen LogP contribution in [0.3, 0.4) is 0 Å². The van der Waals surface area contributed by atoms with Crippen LogP contribution < -0.4 is 0 Å². The van der Waals surface area contributed by atoms with E-state index in [9.17, 15) is 45.3 Å². The second kappa shape index (κ2) is 40.6. The van der Waals surface area contributed by atoms with Crippen LogP contribution in [0.1, 0.15) is 206 Å². The third kappa shape index (κ3) is 28.1. The Kier molecular flexibility index (Phi) is 37.0. The van der Waals surface area contributed by atoms with Crippen molar-refractivity contribution >= 4 is 11.9 Å². The maximum atomic E-state index is 13.0. The monoisotopic (exact) mass is 973 g/mol. The zero-order valence-corrected chi connectivity index (χ0v) is 41.9. The Hall–Kier alpha value is -2.02. The van der Waals surface area contributed by atoms with Gasteiger partial charge in [-0.3, -0.25) is 9.59 Å². The minimum atomic E-state index is -1.76. The number of hydrogen-bond donors (Lipinski definition) is 7. The molecule has 2 rings (SSSR count). The molecule has 398 valence electrons. The number of allylic oxidation sites excluding steroid dienone is 3. The molecular formula is C53H96O15. The molecule has 0 aromatic carbocycles. The second-order valence-electron chi connectivity index (χ2n) is 19.1. The molecule has 0 bridgehead atoms. The van der Waals surface area contributed by atoms with Gasteiger partial charge in [0.25, 0.3) is 0 Å². The molecule has 0 aromatic rings. The lowest BCUT2D eigenvalue weighted by atomic mass is 9.98. The Labute approximate surface area is 409 Å². The zero-order valence-electron chi connectivity index (χ0n) is 41.9. The fourth-order valence-corrected chi connectivity index (χ4v) is 8.60. The molecule has 15 nitrogen and oxygen atoms in total. The summed E-state index contributed by atoms with van der Waals surface area (Å²) in [5.74, 6) is -0.925. The van der Waals surface area contributed by atoms with Crippen LogP contribution in [0.25, 0.3) is 0 Å². The van der Waals surface area contributed by atoms with Crippen molar-refractivity contribution in [3.05, 3.63) is 24.8 Å². The topological polar surface area (TPSA) is 231 Å². The first kappa shape index (κ1) is 62.1. The van der Waals surface area contributed by atoms with Crippen molar-refractivity contribution in [2.24, 2.45) is 0 Å². The van der Waals surface area contributed by atoms with Crippen LogP contribution in [0.4, 0.5) is 0 Å². The Morgan fingerprint density at radius 2 is 0.912 bits per heavy atom. The van der Waals surface area contributed by atoms with E-state index in [4.69, 9.17) is 28.4 Å². The van der Waals surface area contributed by atoms with Gasteiger partial charge in [-0.1, -0.05) is 160 Å². The minimum absolute atomic E-state index is 0.165. The summed E-state index contributed by atoms with van der Waals surface area (Å²) in [6.07, 6.45) is 23.8. The van der Waals surface area contributed by atoms with Gasteiger partial charge in [0.2, 0.25) is 0 Å². The van der Waals surface area contributed by atoms with Gasteiger partial charge in [0.05, 0.1) is 19.8 Å². The normalized spacial score (nSPS) is 25.7. The van der Waals surface area contributed by atoms with Gasteiger partial charge in [0.15, 0.2) is 18.7 Å². The summed E-state index contributed by atoms with van der Waals surface area (Å²) in [5.41, 5.74) is 0. The highest BCUT2D eigenvalue weighted by molar-refractivity contribution is 5.70. The highest BCUT2D eigenvalue weighted by Gasteiger charge is 2.47. The van der Waals surface area contributed by atoms with Gasteiger partial charge in [-0.2, -0.15) is 0 Å². The molecule has 2 aliphatic heterocycles. The van der Waals surface area contributed by atoms with Crippen LogP contribution in [0.15, 0.2) is 24.8 Å². The number of carbonyl (C=O) groups excluding carboxylic acids is 2. The minimum Gasteiger partial charge on any atom is -0.462 e. The first-order valence-electron chi connectivity index (χ1n) is 26.9. The van der Waals surface area contributed by atoms with Crippen molar-refractivity contribution in [3.8, 4) is 0 Å². The van der Waals surface area contributed by atoms with E-state index in [0.29, 0.717) is 12.8 Å². The molecule has 0 aromatic heterocycles. The SMILES string of the molecule is C=CCCCCCCCCCCCCCCCC(=O)O[C@@H](COC(=O)CCCCCCCCC/C=C/CCCCCCCC)CO[C@@H]1O[C@H](CO[C@@H]2O[C@H](CO)[C@H](O)C(O)C2O)[C@H](O)C(O)C1O. The van der Waals surface area contributed by atoms with E-state index in [2.05, 4.69) is 25.7 Å². The molecule has 0 spiro atoms. The second-order valence-corrected chi connectivity index (χ2v) is 19.1. The molecule has 4 unspecified atom stereocenters. The lowest BCUT2D eigenvalue weighted by molar-refractivity contribution is -0.332. The third-order valence-electron chi connectivity index (χ3n) is 13.0. The fourth-order valence-electron chi connectivity index (χ4n) is 8.60. The first-order valence-corrected chi connectivity index (χ1v) is 26.9. The summed E-state index contributed by atoms with van der Waals surface area (Å²) in [6.45, 7) is 4.14. The predicted octanol–water partition coefficient (Wildman–Crippen LogP) is 7.94. The van der Waals surface area contributed by atoms with Gasteiger partial charge in [0, 0.05) is 12.8 Å². The molecule has 0 radical (unpaired) electrons. The average Bonchev–Trinajstić information content (AvgIpc) is 3.33. The molecule has 0 aliphatic carbocycles. The smallest absolute Gasteiger partial charge is 0.306 e.